The van der Waals surface area contributed by atoms with Crippen LogP contribution in [0.15, 0.2) is 46.9 Å². The van der Waals surface area contributed by atoms with Crippen molar-refractivity contribution in [3.05, 3.63) is 65.3 Å². The van der Waals surface area contributed by atoms with Gasteiger partial charge in [-0.1, -0.05) is 30.3 Å². The number of carbonyl (C=O) groups excluding carboxylic acids is 1. The molecule has 2 heterocycles. The molecule has 3 aromatic rings. The van der Waals surface area contributed by atoms with Crippen LogP contribution in [0.5, 0.6) is 0 Å². The number of urea groups is 1. The van der Waals surface area contributed by atoms with E-state index >= 15 is 4.39 Å². The van der Waals surface area contributed by atoms with E-state index in [1.165, 1.54) is 13.2 Å². The molecule has 1 aliphatic carbocycles. The third-order valence-electron chi connectivity index (χ3n) is 8.08. The topological polar surface area (TPSA) is 108 Å². The lowest BCUT2D eigenvalue weighted by atomic mass is 9.82. The molecule has 43 heavy (non-hydrogen) atoms. The summed E-state index contributed by atoms with van der Waals surface area (Å²) in [7, 11) is 1.30. The van der Waals surface area contributed by atoms with E-state index < -0.39 is 55.0 Å². The van der Waals surface area contributed by atoms with Crippen molar-refractivity contribution in [3.63, 3.8) is 0 Å². The molecule has 0 radical (unpaired) electrons. The molecule has 1 aliphatic heterocycles. The molecule has 0 spiro atoms. The molecule has 0 unspecified atom stereocenters. The maximum atomic E-state index is 15.5. The highest BCUT2D eigenvalue weighted by molar-refractivity contribution is 5.79. The molecule has 5 rings (SSSR count). The number of nitrogens with one attached hydrogen (secondary N) is 1. The van der Waals surface area contributed by atoms with Gasteiger partial charge in [0.1, 0.15) is 23.8 Å². The van der Waals surface area contributed by atoms with Crippen LogP contribution in [0, 0.1) is 11.7 Å². The molecule has 3 atom stereocenters. The van der Waals surface area contributed by atoms with E-state index in [1.807, 2.05) is 5.32 Å². The average molecular weight is 611 g/mol. The van der Waals surface area contributed by atoms with Gasteiger partial charge in [-0.3, -0.25) is 4.90 Å². The van der Waals surface area contributed by atoms with Gasteiger partial charge in [0.2, 0.25) is 5.89 Å². The number of rotatable bonds is 9. The Morgan fingerprint density at radius 2 is 1.91 bits per heavy atom. The second-order valence-corrected chi connectivity index (χ2v) is 10.9. The number of carboxylic acid groups (broad SMARTS) is 1. The van der Waals surface area contributed by atoms with Gasteiger partial charge in [-0.05, 0) is 54.9 Å². The Morgan fingerprint density at radius 1 is 1.21 bits per heavy atom. The molecule has 2 aliphatic rings. The van der Waals surface area contributed by atoms with Gasteiger partial charge in [0.25, 0.3) is 0 Å². The number of aromatic nitrogens is 1. The number of fused-ring (bicyclic) bond motifs is 1. The number of benzene rings is 2. The molecule has 1 saturated carbocycles. The van der Waals surface area contributed by atoms with E-state index in [1.54, 1.807) is 30.3 Å². The van der Waals surface area contributed by atoms with Gasteiger partial charge in [0.05, 0.1) is 19.2 Å². The van der Waals surface area contributed by atoms with Crippen molar-refractivity contribution in [1.82, 2.24) is 20.1 Å². The zero-order valence-corrected chi connectivity index (χ0v) is 23.2. The summed E-state index contributed by atoms with van der Waals surface area (Å²) >= 11 is 0. The van der Waals surface area contributed by atoms with Crippen LogP contribution in [-0.4, -0.2) is 70.7 Å². The third kappa shape index (κ3) is 6.53. The van der Waals surface area contributed by atoms with Gasteiger partial charge < -0.3 is 24.5 Å². The Hall–Kier alpha value is -3.94. The number of carbonyl (C=O) groups is 2. The number of nitrogens with zero attached hydrogens (tertiary/aromatic N) is 3. The maximum absolute atomic E-state index is 15.5. The van der Waals surface area contributed by atoms with Crippen LogP contribution in [-0.2, 0) is 11.3 Å². The lowest BCUT2D eigenvalue weighted by Crippen LogP contribution is -2.40. The van der Waals surface area contributed by atoms with Gasteiger partial charge in [0.15, 0.2) is 11.4 Å². The fraction of sp³-hybridized carbons (Fsp3) is 0.483. The van der Waals surface area contributed by atoms with Crippen molar-refractivity contribution in [2.24, 2.45) is 5.92 Å². The zero-order valence-electron chi connectivity index (χ0n) is 23.2. The first-order valence-corrected chi connectivity index (χ1v) is 13.9. The van der Waals surface area contributed by atoms with Crippen molar-refractivity contribution >= 4 is 23.2 Å². The summed E-state index contributed by atoms with van der Waals surface area (Å²) in [6, 6.07) is 6.15. The zero-order chi connectivity index (χ0) is 30.9. The minimum Gasteiger partial charge on any atom is -0.465 e. The van der Waals surface area contributed by atoms with Crippen molar-refractivity contribution < 1.29 is 45.8 Å². The van der Waals surface area contributed by atoms with Crippen LogP contribution in [0.3, 0.4) is 0 Å². The summed E-state index contributed by atoms with van der Waals surface area (Å²) in [5.74, 6) is -1.34. The predicted molar refractivity (Wildman–Crippen MR) is 143 cm³/mol. The molecule has 0 bridgehead atoms. The molecule has 3 amide bonds. The first-order valence-electron chi connectivity index (χ1n) is 13.9. The number of ether oxygens (including phenoxy) is 1. The van der Waals surface area contributed by atoms with Crippen molar-refractivity contribution in [2.75, 3.05) is 20.3 Å². The maximum Gasteiger partial charge on any atom is 0.410 e. The average Bonchev–Trinajstić information content (AvgIpc) is 3.57. The molecule has 9 nitrogen and oxygen atoms in total. The quantitative estimate of drug-likeness (QED) is 0.273. The number of amides is 3. The number of halogens is 5. The molecule has 2 fully saturated rings. The molecule has 14 heteroatoms. The van der Waals surface area contributed by atoms with Crippen LogP contribution >= 0.6 is 0 Å². The summed E-state index contributed by atoms with van der Waals surface area (Å²) in [4.78, 5) is 31.6. The number of hydrogen-bond acceptors (Lipinski definition) is 5. The number of oxazole rings is 1. The Balaban J connectivity index is 1.53. The van der Waals surface area contributed by atoms with Crippen LogP contribution in [0.25, 0.3) is 11.1 Å². The minimum atomic E-state index is -4.68. The highest BCUT2D eigenvalue weighted by atomic mass is 19.4. The molecular formula is C29H31F5N4O5. The summed E-state index contributed by atoms with van der Waals surface area (Å²) in [5.41, 5.74) is 0.538. The van der Waals surface area contributed by atoms with Crippen LogP contribution in [0.4, 0.5) is 31.5 Å². The number of methoxy groups -OCH3 is 1. The van der Waals surface area contributed by atoms with E-state index in [-0.39, 0.29) is 54.5 Å². The molecule has 1 saturated heterocycles. The van der Waals surface area contributed by atoms with Crippen LogP contribution < -0.4 is 5.32 Å². The second-order valence-electron chi connectivity index (χ2n) is 10.9. The van der Waals surface area contributed by atoms with E-state index in [4.69, 9.17) is 9.15 Å². The van der Waals surface area contributed by atoms with E-state index in [9.17, 15) is 32.3 Å². The summed E-state index contributed by atoms with van der Waals surface area (Å²) in [6.45, 7) is -0.956. The van der Waals surface area contributed by atoms with Gasteiger partial charge >= 0.3 is 18.3 Å². The molecule has 1 aromatic heterocycles. The SMILES string of the molecule is COC[C@H](c1cc(F)c2oc([C@H](C3CCC(F)CC3)N(Cc3ccccc3)C(=O)O)nc2c1)N1C[C@@H](C(F)(F)F)NC1=O. The van der Waals surface area contributed by atoms with Gasteiger partial charge in [-0.25, -0.2) is 23.4 Å². The standard InChI is InChI=1S/C29H31F5N4O5/c1-42-15-22(37-14-23(29(32,33)34)36-27(37)39)18-11-20(31)25-21(12-18)35-26(43-25)24(17-7-9-19(30)10-8-17)38(28(40)41)13-16-5-3-2-4-6-16/h2-6,11-12,17,19,22-24H,7-10,13-15H2,1H3,(H,36,39)(H,40,41)/t17?,19?,22-,23+,24+/m1/s1. The lowest BCUT2D eigenvalue weighted by molar-refractivity contribution is -0.150. The first kappa shape index (κ1) is 30.5. The highest BCUT2D eigenvalue weighted by Gasteiger charge is 2.48. The summed E-state index contributed by atoms with van der Waals surface area (Å²) in [5, 5.41) is 12.1. The molecule has 2 N–H and O–H groups in total. The number of alkyl halides is 4. The van der Waals surface area contributed by atoms with Gasteiger partial charge in [0, 0.05) is 13.7 Å². The van der Waals surface area contributed by atoms with E-state index in [0.29, 0.717) is 18.4 Å². The second kappa shape index (κ2) is 12.3. The minimum absolute atomic E-state index is 0.00712. The van der Waals surface area contributed by atoms with E-state index in [2.05, 4.69) is 4.98 Å². The van der Waals surface area contributed by atoms with Gasteiger partial charge in [-0.15, -0.1) is 0 Å². The summed E-state index contributed by atoms with van der Waals surface area (Å²) in [6.07, 6.45) is -5.77. The Bertz CT molecular complexity index is 1440. The monoisotopic (exact) mass is 610 g/mol. The van der Waals surface area contributed by atoms with Crippen molar-refractivity contribution in [2.45, 2.75) is 62.7 Å². The van der Waals surface area contributed by atoms with Crippen LogP contribution in [0.1, 0.15) is 54.8 Å². The fourth-order valence-corrected chi connectivity index (χ4v) is 5.93. The molecule has 2 aromatic carbocycles. The van der Waals surface area contributed by atoms with E-state index in [0.717, 1.165) is 15.9 Å². The Labute approximate surface area is 243 Å². The van der Waals surface area contributed by atoms with Crippen molar-refractivity contribution in [3.8, 4) is 0 Å². The largest absolute Gasteiger partial charge is 0.465 e. The third-order valence-corrected chi connectivity index (χ3v) is 8.08. The Kier molecular flexibility index (Phi) is 8.76. The first-order chi connectivity index (χ1) is 20.5. The highest BCUT2D eigenvalue weighted by Crippen LogP contribution is 2.41. The Morgan fingerprint density at radius 3 is 2.51 bits per heavy atom. The van der Waals surface area contributed by atoms with Crippen LogP contribution in [0.2, 0.25) is 0 Å². The summed E-state index contributed by atoms with van der Waals surface area (Å²) < 4.78 is 80.6. The fourth-order valence-electron chi connectivity index (χ4n) is 5.93. The predicted octanol–water partition coefficient (Wildman–Crippen LogP) is 6.36. The van der Waals surface area contributed by atoms with Crippen molar-refractivity contribution in [1.29, 1.82) is 0 Å². The normalized spacial score (nSPS) is 22.4. The molecular weight excluding hydrogens is 579 g/mol. The van der Waals surface area contributed by atoms with Gasteiger partial charge in [-0.2, -0.15) is 13.2 Å². The molecule has 232 valence electrons. The lowest BCUT2D eigenvalue weighted by Gasteiger charge is -2.36. The number of hydrogen-bond donors (Lipinski definition) is 2. The smallest absolute Gasteiger partial charge is 0.410 e.